The fraction of sp³-hybridized carbons (Fsp3) is 0.393. The number of benzene rings is 2. The molecule has 1 saturated heterocycles. The lowest BCUT2D eigenvalue weighted by atomic mass is 10.0. The lowest BCUT2D eigenvalue weighted by molar-refractivity contribution is -0.0613. The maximum Gasteiger partial charge on any atom is 0.269 e. The number of carbonyl (C=O) groups excluding carboxylic acids is 1. The molecule has 9 nitrogen and oxygen atoms in total. The minimum atomic E-state index is -3.81. The minimum absolute atomic E-state index is 0.0820. The predicted molar refractivity (Wildman–Crippen MR) is 150 cm³/mol. The van der Waals surface area contributed by atoms with Gasteiger partial charge in [-0.1, -0.05) is 6.07 Å². The number of anilines is 3. The van der Waals surface area contributed by atoms with Crippen molar-refractivity contribution in [3.8, 4) is 0 Å². The number of rotatable bonds is 7. The highest BCUT2D eigenvalue weighted by molar-refractivity contribution is 7.92. The van der Waals surface area contributed by atoms with Crippen LogP contribution in [0.25, 0.3) is 10.9 Å². The molecule has 2 aromatic carbocycles. The van der Waals surface area contributed by atoms with Crippen LogP contribution in [0, 0.1) is 0 Å². The van der Waals surface area contributed by atoms with E-state index in [1.807, 2.05) is 43.0 Å². The molecular weight excluding hydrogens is 542 g/mol. The molecule has 2 aliphatic heterocycles. The first kappa shape index (κ1) is 28.1. The third-order valence-electron chi connectivity index (χ3n) is 7.28. The SMILES string of the molecule is CC1(C)Cn2c(cc3c(NC(=O)c4ccc(NS(=O)(=O)CCO)cc4N4CCC(=C(F)F)CC4)cccc32)CO1. The molecule has 2 aliphatic rings. The zero-order valence-electron chi connectivity index (χ0n) is 22.3. The van der Waals surface area contributed by atoms with Gasteiger partial charge in [-0.3, -0.25) is 9.52 Å². The summed E-state index contributed by atoms with van der Waals surface area (Å²) in [6.45, 7) is 5.14. The molecule has 0 atom stereocenters. The van der Waals surface area contributed by atoms with Crippen molar-refractivity contribution in [1.29, 1.82) is 0 Å². The van der Waals surface area contributed by atoms with Crippen LogP contribution in [0.5, 0.6) is 0 Å². The van der Waals surface area contributed by atoms with E-state index in [0.717, 1.165) is 16.6 Å². The lowest BCUT2D eigenvalue weighted by Gasteiger charge is -2.32. The van der Waals surface area contributed by atoms with Crippen molar-refractivity contribution in [2.24, 2.45) is 0 Å². The van der Waals surface area contributed by atoms with E-state index in [0.29, 0.717) is 24.5 Å². The van der Waals surface area contributed by atoms with E-state index in [2.05, 4.69) is 14.6 Å². The number of hydrogen-bond acceptors (Lipinski definition) is 6. The Morgan fingerprint density at radius 3 is 2.58 bits per heavy atom. The number of sulfonamides is 1. The zero-order chi connectivity index (χ0) is 28.7. The van der Waals surface area contributed by atoms with Crippen molar-refractivity contribution >= 4 is 43.9 Å². The van der Waals surface area contributed by atoms with Crippen molar-refractivity contribution in [2.75, 3.05) is 40.4 Å². The Morgan fingerprint density at radius 1 is 1.12 bits per heavy atom. The molecular formula is C28H32F2N4O5S. The topological polar surface area (TPSA) is 113 Å². The third kappa shape index (κ3) is 5.84. The van der Waals surface area contributed by atoms with Crippen molar-refractivity contribution < 1.29 is 31.8 Å². The van der Waals surface area contributed by atoms with E-state index >= 15 is 0 Å². The van der Waals surface area contributed by atoms with E-state index in [-0.39, 0.29) is 48.4 Å². The molecule has 12 heteroatoms. The van der Waals surface area contributed by atoms with E-state index in [1.165, 1.54) is 18.2 Å². The average Bonchev–Trinajstić information content (AvgIpc) is 3.26. The maximum atomic E-state index is 13.7. The number of nitrogens with zero attached hydrogens (tertiary/aromatic N) is 2. The van der Waals surface area contributed by atoms with Crippen LogP contribution in [-0.4, -0.2) is 55.0 Å². The summed E-state index contributed by atoms with van der Waals surface area (Å²) in [6.07, 6.45) is -1.41. The monoisotopic (exact) mass is 574 g/mol. The molecule has 3 N–H and O–H groups in total. The minimum Gasteiger partial charge on any atom is -0.395 e. The molecule has 0 radical (unpaired) electrons. The average molecular weight is 575 g/mol. The summed E-state index contributed by atoms with van der Waals surface area (Å²) in [5.74, 6) is -0.891. The normalized spacial score (nSPS) is 17.0. The van der Waals surface area contributed by atoms with Crippen LogP contribution >= 0.6 is 0 Å². The number of aliphatic hydroxyl groups is 1. The fourth-order valence-electron chi connectivity index (χ4n) is 5.25. The van der Waals surface area contributed by atoms with E-state index < -0.39 is 34.4 Å². The van der Waals surface area contributed by atoms with Gasteiger partial charge in [0.25, 0.3) is 12.0 Å². The summed E-state index contributed by atoms with van der Waals surface area (Å²) in [5.41, 5.74) is 3.28. The van der Waals surface area contributed by atoms with Gasteiger partial charge in [-0.2, -0.15) is 8.78 Å². The summed E-state index contributed by atoms with van der Waals surface area (Å²) in [5, 5.41) is 12.9. The molecule has 0 spiro atoms. The molecule has 1 aromatic heterocycles. The van der Waals surface area contributed by atoms with Crippen LogP contribution in [0.15, 0.2) is 54.1 Å². The molecule has 5 rings (SSSR count). The summed E-state index contributed by atoms with van der Waals surface area (Å²) in [6, 6.07) is 12.2. The van der Waals surface area contributed by atoms with Crippen molar-refractivity contribution in [3.63, 3.8) is 0 Å². The van der Waals surface area contributed by atoms with Crippen molar-refractivity contribution in [2.45, 2.75) is 45.4 Å². The standard InChI is InChI=1S/C28H32F2N4O5S/c1-28(2)17-34-20(16-39-28)15-22-23(4-3-5-24(22)34)31-27(36)21-7-6-19(32-40(37,38)13-12-35)14-25(21)33-10-8-18(9-11-33)26(29)30/h3-7,14-15,32,35H,8-13,16-17H2,1-2H3,(H,31,36). The first-order chi connectivity index (χ1) is 19.0. The molecule has 0 saturated carbocycles. The maximum absolute atomic E-state index is 13.7. The number of amides is 1. The quantitative estimate of drug-likeness (QED) is 0.378. The van der Waals surface area contributed by atoms with E-state index in [1.54, 1.807) is 0 Å². The summed E-state index contributed by atoms with van der Waals surface area (Å²) < 4.78 is 61.4. The van der Waals surface area contributed by atoms with Crippen LogP contribution in [-0.2, 0) is 27.9 Å². The highest BCUT2D eigenvalue weighted by atomic mass is 32.2. The number of piperidine rings is 1. The Morgan fingerprint density at radius 2 is 1.88 bits per heavy atom. The largest absolute Gasteiger partial charge is 0.395 e. The van der Waals surface area contributed by atoms with Crippen molar-refractivity contribution in [1.82, 2.24) is 4.57 Å². The second-order valence-electron chi connectivity index (χ2n) is 10.7. The smallest absolute Gasteiger partial charge is 0.269 e. The number of aliphatic hydroxyl groups excluding tert-OH is 1. The molecule has 3 heterocycles. The Bertz CT molecular complexity index is 1590. The molecule has 1 amide bonds. The fourth-order valence-corrected chi connectivity index (χ4v) is 6.07. The predicted octanol–water partition coefficient (Wildman–Crippen LogP) is 4.69. The number of fused-ring (bicyclic) bond motifs is 3. The molecule has 3 aromatic rings. The van der Waals surface area contributed by atoms with E-state index in [4.69, 9.17) is 9.84 Å². The first-order valence-electron chi connectivity index (χ1n) is 13.1. The summed E-state index contributed by atoms with van der Waals surface area (Å²) in [4.78, 5) is 15.5. The van der Waals surface area contributed by atoms with Gasteiger partial charge in [-0.25, -0.2) is 8.42 Å². The molecule has 0 unspecified atom stereocenters. The van der Waals surface area contributed by atoms with Gasteiger partial charge in [0.05, 0.1) is 59.3 Å². The second kappa shape index (κ2) is 10.8. The first-order valence-corrected chi connectivity index (χ1v) is 14.7. The van der Waals surface area contributed by atoms with Gasteiger partial charge in [0.1, 0.15) is 0 Å². The summed E-state index contributed by atoms with van der Waals surface area (Å²) in [7, 11) is -3.81. The van der Waals surface area contributed by atoms with Gasteiger partial charge in [-0.15, -0.1) is 0 Å². The van der Waals surface area contributed by atoms with E-state index in [9.17, 15) is 22.0 Å². The molecule has 1 fully saturated rings. The number of aromatic nitrogens is 1. The Labute approximate surface area is 231 Å². The van der Waals surface area contributed by atoms with Crippen LogP contribution in [0.1, 0.15) is 42.7 Å². The zero-order valence-corrected chi connectivity index (χ0v) is 23.2. The van der Waals surface area contributed by atoms with Crippen molar-refractivity contribution in [3.05, 3.63) is 65.4 Å². The van der Waals surface area contributed by atoms with Crippen LogP contribution in [0.4, 0.5) is 25.8 Å². The Balaban J connectivity index is 1.48. The van der Waals surface area contributed by atoms with Crippen LogP contribution < -0.4 is 14.9 Å². The molecule has 0 bridgehead atoms. The number of nitrogens with one attached hydrogen (secondary N) is 2. The number of carbonyl (C=O) groups is 1. The second-order valence-corrected chi connectivity index (χ2v) is 12.5. The van der Waals surface area contributed by atoms with Crippen LogP contribution in [0.2, 0.25) is 0 Å². The van der Waals surface area contributed by atoms with Gasteiger partial charge in [-0.05, 0) is 68.7 Å². The molecule has 0 aliphatic carbocycles. The highest BCUT2D eigenvalue weighted by Gasteiger charge is 2.28. The number of hydrogen-bond donors (Lipinski definition) is 3. The molecule has 40 heavy (non-hydrogen) atoms. The number of halogens is 2. The summed E-state index contributed by atoms with van der Waals surface area (Å²) >= 11 is 0. The highest BCUT2D eigenvalue weighted by Crippen LogP contribution is 2.35. The van der Waals surface area contributed by atoms with Gasteiger partial charge in [0.2, 0.25) is 10.0 Å². The molecule has 214 valence electrons. The van der Waals surface area contributed by atoms with Gasteiger partial charge in [0.15, 0.2) is 0 Å². The Hall–Kier alpha value is -3.48. The lowest BCUT2D eigenvalue weighted by Crippen LogP contribution is -2.35. The van der Waals surface area contributed by atoms with Crippen LogP contribution in [0.3, 0.4) is 0 Å². The third-order valence-corrected chi connectivity index (χ3v) is 8.55. The van der Waals surface area contributed by atoms with Gasteiger partial charge >= 0.3 is 0 Å². The van der Waals surface area contributed by atoms with Gasteiger partial charge in [0, 0.05) is 24.2 Å². The number of ether oxygens (including phenoxy) is 1. The van der Waals surface area contributed by atoms with Gasteiger partial charge < -0.3 is 24.6 Å². The Kier molecular flexibility index (Phi) is 7.60.